The van der Waals surface area contributed by atoms with Crippen LogP contribution in [0, 0.1) is 6.07 Å². The summed E-state index contributed by atoms with van der Waals surface area (Å²) in [7, 11) is 0. The normalized spacial score (nSPS) is 9.92. The Bertz CT molecular complexity index is 209. The third-order valence-electron chi connectivity index (χ3n) is 1.64. The van der Waals surface area contributed by atoms with Crippen LogP contribution in [0.2, 0.25) is 0 Å². The van der Waals surface area contributed by atoms with Gasteiger partial charge in [0.05, 0.1) is 6.61 Å². The van der Waals surface area contributed by atoms with Crippen LogP contribution >= 0.6 is 0 Å². The van der Waals surface area contributed by atoms with Crippen molar-refractivity contribution in [3.63, 3.8) is 0 Å². The summed E-state index contributed by atoms with van der Waals surface area (Å²) in [5.74, 6) is 0.829. The first kappa shape index (κ1) is 10.1. The molecule has 0 fully saturated rings. The van der Waals surface area contributed by atoms with E-state index in [1.807, 2.05) is 24.3 Å². The molecule has 1 radical (unpaired) electrons. The van der Waals surface area contributed by atoms with Crippen LogP contribution in [0.15, 0.2) is 24.3 Å². The average Bonchev–Trinajstić information content (AvgIpc) is 2.19. The minimum atomic E-state index is 0.337. The molecule has 2 heteroatoms. The van der Waals surface area contributed by atoms with E-state index in [1.54, 1.807) is 0 Å². The largest absolute Gasteiger partial charge is 0.468 e. The molecule has 0 aliphatic heterocycles. The number of unbranched alkanes of at least 4 members (excludes halogenated alkanes) is 1. The zero-order valence-electron chi connectivity index (χ0n) is 7.95. The van der Waals surface area contributed by atoms with Crippen LogP contribution in [-0.2, 0) is 4.74 Å². The Hall–Kier alpha value is -1.02. The van der Waals surface area contributed by atoms with Gasteiger partial charge in [-0.3, -0.25) is 0 Å². The second kappa shape index (κ2) is 6.49. The highest BCUT2D eigenvalue weighted by atomic mass is 16.7. The van der Waals surface area contributed by atoms with Gasteiger partial charge in [0.2, 0.25) is 0 Å². The van der Waals surface area contributed by atoms with E-state index in [2.05, 4.69) is 13.0 Å². The molecule has 0 atom stereocenters. The molecule has 0 aromatic heterocycles. The molecule has 0 heterocycles. The highest BCUT2D eigenvalue weighted by Crippen LogP contribution is 2.07. The van der Waals surface area contributed by atoms with Gasteiger partial charge in [-0.05, 0) is 24.6 Å². The lowest BCUT2D eigenvalue weighted by Crippen LogP contribution is -2.03. The predicted molar refractivity (Wildman–Crippen MR) is 51.6 cm³/mol. The van der Waals surface area contributed by atoms with E-state index in [4.69, 9.17) is 9.47 Å². The van der Waals surface area contributed by atoms with E-state index in [-0.39, 0.29) is 0 Å². The SMILES string of the molecule is CCCCOCOc1cc[c]cc1. The molecule has 2 nitrogen and oxygen atoms in total. The van der Waals surface area contributed by atoms with Crippen molar-refractivity contribution in [2.24, 2.45) is 0 Å². The van der Waals surface area contributed by atoms with Crippen LogP contribution in [0.1, 0.15) is 19.8 Å². The van der Waals surface area contributed by atoms with Crippen LogP contribution in [0.25, 0.3) is 0 Å². The summed E-state index contributed by atoms with van der Waals surface area (Å²) >= 11 is 0. The minimum Gasteiger partial charge on any atom is -0.468 e. The maximum atomic E-state index is 5.31. The predicted octanol–water partition coefficient (Wildman–Crippen LogP) is 2.64. The van der Waals surface area contributed by atoms with Crippen LogP contribution in [0.3, 0.4) is 0 Å². The molecule has 1 rings (SSSR count). The summed E-state index contributed by atoms with van der Waals surface area (Å²) in [6.45, 7) is 3.25. The first-order chi connectivity index (χ1) is 6.43. The molecule has 0 bridgehead atoms. The van der Waals surface area contributed by atoms with Crippen LogP contribution < -0.4 is 4.74 Å². The van der Waals surface area contributed by atoms with Gasteiger partial charge in [0, 0.05) is 0 Å². The summed E-state index contributed by atoms with van der Waals surface area (Å²) in [5, 5.41) is 0. The molecule has 1 aromatic carbocycles. The highest BCUT2D eigenvalue weighted by Gasteiger charge is 1.90. The Balaban J connectivity index is 2.07. The lowest BCUT2D eigenvalue weighted by molar-refractivity contribution is 0.0140. The number of hydrogen-bond acceptors (Lipinski definition) is 2. The van der Waals surface area contributed by atoms with Crippen molar-refractivity contribution >= 4 is 0 Å². The second-order valence-corrected chi connectivity index (χ2v) is 2.76. The van der Waals surface area contributed by atoms with E-state index < -0.39 is 0 Å². The molecular formula is C11H15O2. The van der Waals surface area contributed by atoms with Crippen molar-refractivity contribution in [2.75, 3.05) is 13.4 Å². The number of benzene rings is 1. The van der Waals surface area contributed by atoms with Crippen molar-refractivity contribution < 1.29 is 9.47 Å². The molecular weight excluding hydrogens is 164 g/mol. The van der Waals surface area contributed by atoms with Crippen LogP contribution in [-0.4, -0.2) is 13.4 Å². The molecule has 0 N–H and O–H groups in total. The van der Waals surface area contributed by atoms with Crippen molar-refractivity contribution in [3.05, 3.63) is 30.3 Å². The number of ether oxygens (including phenoxy) is 2. The third-order valence-corrected chi connectivity index (χ3v) is 1.64. The number of hydrogen-bond donors (Lipinski definition) is 0. The van der Waals surface area contributed by atoms with Gasteiger partial charge in [-0.15, -0.1) is 0 Å². The zero-order valence-corrected chi connectivity index (χ0v) is 7.95. The van der Waals surface area contributed by atoms with E-state index in [9.17, 15) is 0 Å². The lowest BCUT2D eigenvalue weighted by atomic mass is 10.3. The average molecular weight is 179 g/mol. The second-order valence-electron chi connectivity index (χ2n) is 2.76. The Morgan fingerprint density at radius 3 is 2.77 bits per heavy atom. The maximum Gasteiger partial charge on any atom is 0.189 e. The summed E-state index contributed by atoms with van der Waals surface area (Å²) < 4.78 is 10.6. The first-order valence-corrected chi connectivity index (χ1v) is 4.60. The molecule has 0 saturated heterocycles. The summed E-state index contributed by atoms with van der Waals surface area (Å²) in [6.07, 6.45) is 2.24. The minimum absolute atomic E-state index is 0.337. The Morgan fingerprint density at radius 2 is 2.08 bits per heavy atom. The zero-order chi connectivity index (χ0) is 9.36. The van der Waals surface area contributed by atoms with Gasteiger partial charge in [0.25, 0.3) is 0 Å². The Kier molecular flexibility index (Phi) is 5.02. The fraction of sp³-hybridized carbons (Fsp3) is 0.455. The third kappa shape index (κ3) is 4.53. The molecule has 0 spiro atoms. The molecule has 71 valence electrons. The quantitative estimate of drug-likeness (QED) is 0.493. The molecule has 0 aliphatic carbocycles. The highest BCUT2D eigenvalue weighted by molar-refractivity contribution is 5.19. The van der Waals surface area contributed by atoms with Gasteiger partial charge in [0.1, 0.15) is 5.75 Å². The standard InChI is InChI=1S/C11H15O2/c1-2-3-9-12-10-13-11-7-5-4-6-8-11/h5-8H,2-3,9-10H2,1H3. The molecule has 0 unspecified atom stereocenters. The first-order valence-electron chi connectivity index (χ1n) is 4.60. The van der Waals surface area contributed by atoms with Gasteiger partial charge in [-0.1, -0.05) is 25.5 Å². The molecule has 0 aliphatic rings. The molecule has 1 aromatic rings. The van der Waals surface area contributed by atoms with Crippen LogP contribution in [0.5, 0.6) is 5.75 Å². The van der Waals surface area contributed by atoms with Gasteiger partial charge in [-0.2, -0.15) is 0 Å². The van der Waals surface area contributed by atoms with Gasteiger partial charge in [-0.25, -0.2) is 0 Å². The van der Waals surface area contributed by atoms with E-state index in [0.717, 1.165) is 25.2 Å². The van der Waals surface area contributed by atoms with Gasteiger partial charge < -0.3 is 9.47 Å². The molecule has 13 heavy (non-hydrogen) atoms. The smallest absolute Gasteiger partial charge is 0.189 e. The van der Waals surface area contributed by atoms with Crippen molar-refractivity contribution in [1.29, 1.82) is 0 Å². The van der Waals surface area contributed by atoms with Crippen LogP contribution in [0.4, 0.5) is 0 Å². The Labute approximate surface area is 79.5 Å². The summed E-state index contributed by atoms with van der Waals surface area (Å²) in [4.78, 5) is 0. The molecule has 0 saturated carbocycles. The van der Waals surface area contributed by atoms with Gasteiger partial charge >= 0.3 is 0 Å². The van der Waals surface area contributed by atoms with Crippen molar-refractivity contribution in [2.45, 2.75) is 19.8 Å². The van der Waals surface area contributed by atoms with E-state index >= 15 is 0 Å². The Morgan fingerprint density at radius 1 is 1.31 bits per heavy atom. The van der Waals surface area contributed by atoms with Crippen molar-refractivity contribution in [1.82, 2.24) is 0 Å². The van der Waals surface area contributed by atoms with Gasteiger partial charge in [0.15, 0.2) is 6.79 Å². The fourth-order valence-electron chi connectivity index (χ4n) is 0.883. The summed E-state index contributed by atoms with van der Waals surface area (Å²) in [5.41, 5.74) is 0. The lowest BCUT2D eigenvalue weighted by Gasteiger charge is -2.05. The maximum absolute atomic E-state index is 5.31. The van der Waals surface area contributed by atoms with E-state index in [0.29, 0.717) is 6.79 Å². The number of rotatable bonds is 6. The van der Waals surface area contributed by atoms with E-state index in [1.165, 1.54) is 0 Å². The van der Waals surface area contributed by atoms with Crippen molar-refractivity contribution in [3.8, 4) is 5.75 Å². The fourth-order valence-corrected chi connectivity index (χ4v) is 0.883. The summed E-state index contributed by atoms with van der Waals surface area (Å²) in [6, 6.07) is 10.3. The molecule has 0 amide bonds. The monoisotopic (exact) mass is 179 g/mol. The topological polar surface area (TPSA) is 18.5 Å².